The lowest BCUT2D eigenvalue weighted by atomic mass is 9.96. The number of anilines is 3. The molecule has 0 unspecified atom stereocenters. The van der Waals surface area contributed by atoms with Crippen molar-refractivity contribution in [1.82, 2.24) is 61.1 Å². The van der Waals surface area contributed by atoms with Crippen LogP contribution in [0, 0.1) is 0 Å². The molecule has 0 radical (unpaired) electrons. The second kappa shape index (κ2) is 46.1. The molecule has 0 aliphatic carbocycles. The summed E-state index contributed by atoms with van der Waals surface area (Å²) in [5, 5.41) is 24.3. The lowest BCUT2D eigenvalue weighted by Crippen LogP contribution is -2.62. The van der Waals surface area contributed by atoms with E-state index >= 15 is 0 Å². The molecule has 12 N–H and O–H groups in total. The third-order valence-electron chi connectivity index (χ3n) is 22.4. The van der Waals surface area contributed by atoms with Gasteiger partial charge in [-0.2, -0.15) is 39.5 Å². The number of carbonyl (C=O) groups excluding carboxylic acids is 7. The Morgan fingerprint density at radius 3 is 1.05 bits per heavy atom. The molecule has 9 heterocycles. The second-order valence-corrected chi connectivity index (χ2v) is 38.4. The molecule has 7 amide bonds. The van der Waals surface area contributed by atoms with Gasteiger partial charge in [0.1, 0.15) is 62.7 Å². The van der Waals surface area contributed by atoms with Gasteiger partial charge in [-0.25, -0.2) is 29.3 Å². The van der Waals surface area contributed by atoms with Crippen LogP contribution in [0.15, 0.2) is 214 Å². The standard InChI is InChI=1S/C36H38F3N5O5.C31H30F3N5O3.C25H18F3N3O4.C11H22N2O2.CH2Cl2/c1-34(2,3)49-33(47)43-14-15-44(35(4,5)21-43)32(46)24-10-8-23(9-11-24)25-16-26-17-27(48-31(26)28(18-25)36(37,38)39)20-42-30(45)13-7-22-6-12-29(40)41-19-22;1-30(2)18-36-11-12-39(30)29(41)21-7-5-20(6-8-21)22-13-23-14-24(42-28(23)25(15-22)31(32,33)34)17-38-27(40)10-4-19-3-9-26(35)37-16-19;26-25(27,28)20-11-17(15-3-5-16(6-4-15)24(33)34)9-18-10-19(35-23(18)20)13-31-22(32)8-2-14-1-7-21(29)30-12-14;1-10(2,3)15-9(14)13-7-6-12-11(4,5)8-13;2-1-3/h6-13,16-19H,14-15,20-21H2,1-5H3,(H2,40,41)(H,42,45);3-10,13-16,36H,11-12,17-18H2,1-2H3,(H2,35,37)(H,38,40);1-12H,13H2,(H2,29,30)(H,31,32)(H,33,34);12H,6-8H2,1-5H3;1H2/b13-7+;10-4+;8-2+;;. The molecule has 3 fully saturated rings. The van der Waals surface area contributed by atoms with Crippen LogP contribution in [0.2, 0.25) is 0 Å². The molecular formula is C104H110Cl2F9N15O14. The van der Waals surface area contributed by atoms with Crippen LogP contribution in [-0.2, 0) is 62.0 Å². The SMILES string of the molecule is CC(C)(C)OC(=O)N1CCN(C(=O)c2ccc(-c3cc(C(F)(F)F)c4oc(CNC(=O)/C=C/c5ccc(N)nc5)cc4c3)cc2)C(C)(C)C1.CC1(C)CN(C(=O)OC(C)(C)C)CCN1.CC1(C)CNCCN1C(=O)c1ccc(-c2cc(C(F)(F)F)c3oc(CNC(=O)/C=C/c4ccc(N)nc4)cc3c2)cc1.ClCCl.Nc1ccc(/C=C/C(=O)NCc2cc3cc(-c4ccc(C(=O)O)cc4)cc(C(F)(F)F)c3o2)cn1. The number of carbonyl (C=O) groups is 8. The molecule has 3 saturated heterocycles. The number of nitrogen functional groups attached to an aromatic ring is 3. The second-order valence-electron chi connectivity index (χ2n) is 37.6. The first-order chi connectivity index (χ1) is 67.5. The highest BCUT2D eigenvalue weighted by Gasteiger charge is 2.43. The van der Waals surface area contributed by atoms with Crippen molar-refractivity contribution in [2.75, 3.05) is 81.4 Å². The lowest BCUT2D eigenvalue weighted by molar-refractivity contribution is -0.137. The minimum Gasteiger partial charge on any atom is -0.478 e. The average molecular weight is 2040 g/mol. The molecule has 12 aromatic rings. The van der Waals surface area contributed by atoms with Crippen molar-refractivity contribution in [2.45, 2.75) is 149 Å². The van der Waals surface area contributed by atoms with E-state index in [1.54, 1.807) is 133 Å². The summed E-state index contributed by atoms with van der Waals surface area (Å²) < 4.78 is 153. The fraction of sp³-hybridized carbons (Fsp3) is 0.317. The van der Waals surface area contributed by atoms with Crippen LogP contribution in [0.5, 0.6) is 0 Å². The largest absolute Gasteiger partial charge is 0.478 e. The minimum absolute atomic E-state index is 0.0187. The average Bonchev–Trinajstić information content (AvgIpc) is 1.72. The number of benzene rings is 6. The fourth-order valence-electron chi connectivity index (χ4n) is 15.5. The van der Waals surface area contributed by atoms with Crippen molar-refractivity contribution < 1.29 is 106 Å². The number of carboxylic acids is 1. The molecule has 3 aliphatic heterocycles. The summed E-state index contributed by atoms with van der Waals surface area (Å²) in [4.78, 5) is 117. The number of pyridine rings is 3. The first kappa shape index (κ1) is 110. The number of alkyl halides is 11. The number of carboxylic acid groups (broad SMARTS) is 1. The molecule has 6 aromatic heterocycles. The molecule has 144 heavy (non-hydrogen) atoms. The number of furan rings is 3. The number of halogens is 11. The summed E-state index contributed by atoms with van der Waals surface area (Å²) in [6.07, 6.45) is -1.84. The summed E-state index contributed by atoms with van der Waals surface area (Å²) in [6, 6.07) is 40.3. The van der Waals surface area contributed by atoms with E-state index in [0.29, 0.717) is 100 Å². The van der Waals surface area contributed by atoms with Crippen LogP contribution >= 0.6 is 23.2 Å². The third-order valence-corrected chi connectivity index (χ3v) is 22.4. The number of aromatic carboxylic acids is 1. The molecule has 0 atom stereocenters. The number of aromatic nitrogens is 3. The van der Waals surface area contributed by atoms with Gasteiger partial charge in [0.05, 0.1) is 58.3 Å². The lowest BCUT2D eigenvalue weighted by Gasteiger charge is -2.47. The molecule has 0 saturated carbocycles. The van der Waals surface area contributed by atoms with Crippen LogP contribution in [0.4, 0.5) is 66.6 Å². The first-order valence-electron chi connectivity index (χ1n) is 45.2. The first-order valence-corrected chi connectivity index (χ1v) is 46.2. The predicted molar refractivity (Wildman–Crippen MR) is 533 cm³/mol. The maximum Gasteiger partial charge on any atom is 0.420 e. The maximum atomic E-state index is 14.2. The Kier molecular flexibility index (Phi) is 35.1. The van der Waals surface area contributed by atoms with Crippen molar-refractivity contribution in [3.05, 3.63) is 268 Å². The summed E-state index contributed by atoms with van der Waals surface area (Å²) in [6.45, 7) is 27.6. The molecule has 29 nitrogen and oxygen atoms in total. The Morgan fingerprint density at radius 2 is 0.757 bits per heavy atom. The van der Waals surface area contributed by atoms with Crippen molar-refractivity contribution in [2.24, 2.45) is 0 Å². The number of nitrogens with one attached hydrogen (secondary N) is 5. The normalized spacial score (nSPS) is 14.8. The zero-order valence-electron chi connectivity index (χ0n) is 80.8. The molecule has 15 rings (SSSR count). The van der Waals surface area contributed by atoms with Gasteiger partial charge in [-0.1, -0.05) is 36.4 Å². The van der Waals surface area contributed by atoms with E-state index in [4.69, 9.17) is 68.2 Å². The Bertz CT molecular complexity index is 6690. The number of nitrogens with two attached hydrogens (primary N) is 3. The Hall–Kier alpha value is -14.8. The van der Waals surface area contributed by atoms with Crippen molar-refractivity contribution in [3.8, 4) is 33.4 Å². The highest BCUT2D eigenvalue weighted by Crippen LogP contribution is 2.44. The van der Waals surface area contributed by atoms with E-state index in [1.807, 2.05) is 53.4 Å². The van der Waals surface area contributed by atoms with Gasteiger partial charge in [-0.05, 0) is 279 Å². The number of nitrogens with zero attached hydrogens (tertiary/aromatic N) is 7. The van der Waals surface area contributed by atoms with Crippen LogP contribution < -0.4 is 43.8 Å². The van der Waals surface area contributed by atoms with Gasteiger partial charge in [-0.15, -0.1) is 23.2 Å². The number of amides is 7. The van der Waals surface area contributed by atoms with Gasteiger partial charge in [0.2, 0.25) is 17.7 Å². The zero-order chi connectivity index (χ0) is 105. The van der Waals surface area contributed by atoms with Crippen LogP contribution in [0.25, 0.3) is 84.5 Å². The number of hydrogen-bond donors (Lipinski definition) is 9. The summed E-state index contributed by atoms with van der Waals surface area (Å²) in [5.74, 6) is -1.43. The summed E-state index contributed by atoms with van der Waals surface area (Å²) in [5.41, 5.74) is 15.7. The van der Waals surface area contributed by atoms with Gasteiger partial charge in [0.15, 0.2) is 0 Å². The fourth-order valence-corrected chi connectivity index (χ4v) is 15.5. The highest BCUT2D eigenvalue weighted by molar-refractivity contribution is 6.40. The Labute approximate surface area is 833 Å². The Balaban J connectivity index is 0.000000191. The summed E-state index contributed by atoms with van der Waals surface area (Å²) >= 11 is 9.53. The molecule has 6 aromatic carbocycles. The van der Waals surface area contributed by atoms with Crippen LogP contribution in [-0.4, -0.2) is 179 Å². The number of hydrogen-bond acceptors (Lipinski definition) is 21. The van der Waals surface area contributed by atoms with E-state index in [9.17, 15) is 77.9 Å². The van der Waals surface area contributed by atoms with E-state index in [2.05, 4.69) is 55.4 Å². The number of fused-ring (bicyclic) bond motifs is 3. The molecule has 40 heteroatoms. The van der Waals surface area contributed by atoms with Crippen molar-refractivity contribution >= 4 is 139 Å². The molecule has 762 valence electrons. The molecule has 3 aliphatic rings. The van der Waals surface area contributed by atoms with Gasteiger partial charge in [0, 0.05) is 129 Å². The monoisotopic (exact) mass is 2030 g/mol. The Morgan fingerprint density at radius 1 is 0.431 bits per heavy atom. The van der Waals surface area contributed by atoms with E-state index < -0.39 is 81.7 Å². The zero-order valence-corrected chi connectivity index (χ0v) is 82.3. The quantitative estimate of drug-likeness (QED) is 0.0219. The third kappa shape index (κ3) is 30.6. The topological polar surface area (TPSA) is 405 Å². The molecule has 0 bridgehead atoms. The van der Waals surface area contributed by atoms with Gasteiger partial charge >= 0.3 is 36.7 Å². The number of ether oxygens (including phenoxy) is 2. The van der Waals surface area contributed by atoms with E-state index in [1.165, 1.54) is 104 Å². The maximum absolute atomic E-state index is 14.2. The van der Waals surface area contributed by atoms with E-state index in [0.717, 1.165) is 31.3 Å². The molecule has 0 spiro atoms. The highest BCUT2D eigenvalue weighted by atomic mass is 35.5. The van der Waals surface area contributed by atoms with E-state index in [-0.39, 0.29) is 134 Å². The van der Waals surface area contributed by atoms with Crippen molar-refractivity contribution in [3.63, 3.8) is 0 Å². The van der Waals surface area contributed by atoms with Gasteiger partial charge < -0.3 is 91.2 Å². The van der Waals surface area contributed by atoms with Crippen LogP contribution in [0.1, 0.15) is 165 Å². The van der Waals surface area contributed by atoms with Crippen molar-refractivity contribution in [1.29, 1.82) is 0 Å². The van der Waals surface area contributed by atoms with Gasteiger partial charge in [-0.3, -0.25) is 24.0 Å². The number of piperazine rings is 3. The minimum atomic E-state index is -4.72. The molecular weight excluding hydrogens is 1930 g/mol. The summed E-state index contributed by atoms with van der Waals surface area (Å²) in [7, 11) is 0. The van der Waals surface area contributed by atoms with Gasteiger partial charge in [0.25, 0.3) is 11.8 Å². The number of rotatable bonds is 18. The van der Waals surface area contributed by atoms with Crippen LogP contribution in [0.3, 0.4) is 0 Å². The smallest absolute Gasteiger partial charge is 0.420 e. The predicted octanol–water partition coefficient (Wildman–Crippen LogP) is 20.3.